The number of nitrogens with one attached hydrogen (secondary N) is 2. The van der Waals surface area contributed by atoms with Gasteiger partial charge < -0.3 is 4.90 Å². The fraction of sp³-hybridized carbons (Fsp3) is 0.643. The van der Waals surface area contributed by atoms with Gasteiger partial charge in [0.1, 0.15) is 24.5 Å². The summed E-state index contributed by atoms with van der Waals surface area (Å²) in [6, 6.07) is 8.30. The van der Waals surface area contributed by atoms with E-state index in [-0.39, 0.29) is 19.5 Å². The molecule has 5 N–H and O–H groups in total. The van der Waals surface area contributed by atoms with Gasteiger partial charge in [-0.3, -0.25) is 30.0 Å². The van der Waals surface area contributed by atoms with E-state index in [0.29, 0.717) is 18.8 Å². The number of hydrazine groups is 1. The number of Topliss-reactive ketones (excluding diaryl/α,β-unsaturated/α-hetero) is 1. The van der Waals surface area contributed by atoms with Crippen LogP contribution in [-0.4, -0.2) is 58.8 Å². The van der Waals surface area contributed by atoms with Gasteiger partial charge in [0.15, 0.2) is 5.78 Å². The molecule has 0 bridgehead atoms. The molecule has 1 fully saturated rings. The number of nitrogens with two attached hydrogens (primary N) is 1. The molecule has 1 unspecified atom stereocenters. The zero-order valence-electron chi connectivity index (χ0n) is 22.8. The molecule has 0 spiro atoms. The number of carbonyl (C=O) groups excluding carboxylic acids is 3. The summed E-state index contributed by atoms with van der Waals surface area (Å²) in [5.74, 6) is 3.75. The lowest BCUT2D eigenvalue weighted by molar-refractivity contribution is -0.152. The molecule has 0 aromatic heterocycles. The van der Waals surface area contributed by atoms with Crippen LogP contribution in [0.3, 0.4) is 0 Å². The number of hydrazone groups is 1. The molecule has 10 heteroatoms. The van der Waals surface area contributed by atoms with Crippen molar-refractivity contribution in [1.29, 1.82) is 0 Å². The first kappa shape index (κ1) is 29.6. The Morgan fingerprint density at radius 3 is 2.47 bits per heavy atom. The van der Waals surface area contributed by atoms with Crippen LogP contribution in [0.5, 0.6) is 0 Å². The third kappa shape index (κ3) is 7.11. The van der Waals surface area contributed by atoms with Gasteiger partial charge in [-0.2, -0.15) is 5.10 Å². The first-order valence-corrected chi connectivity index (χ1v) is 13.9. The molecule has 1 aliphatic carbocycles. The minimum atomic E-state index is -1.51. The SMILES string of the molecule is CCCC(Cc1ccccc1)(C(=O)NN)C(=O)[C@@H]([C@H](CCCC1CCCCC1)C(=O)NO)N1CN(C)C=N1. The van der Waals surface area contributed by atoms with E-state index < -0.39 is 35.0 Å². The van der Waals surface area contributed by atoms with Crippen molar-refractivity contribution in [2.75, 3.05) is 13.7 Å². The number of rotatable bonds is 14. The summed E-state index contributed by atoms with van der Waals surface area (Å²) in [7, 11) is 1.82. The van der Waals surface area contributed by atoms with E-state index in [1.165, 1.54) is 32.1 Å². The van der Waals surface area contributed by atoms with E-state index in [1.54, 1.807) is 21.7 Å². The van der Waals surface area contributed by atoms with Crippen LogP contribution >= 0.6 is 0 Å². The van der Waals surface area contributed by atoms with Gasteiger partial charge in [0.25, 0.3) is 0 Å². The number of nitrogens with zero attached hydrogens (tertiary/aromatic N) is 3. The van der Waals surface area contributed by atoms with Crippen LogP contribution in [0.25, 0.3) is 0 Å². The molecule has 10 nitrogen and oxygen atoms in total. The normalized spacial score (nSPS) is 19.1. The number of hydrogen-bond acceptors (Lipinski definition) is 8. The van der Waals surface area contributed by atoms with E-state index in [1.807, 2.05) is 44.3 Å². The molecule has 0 radical (unpaired) electrons. The average molecular weight is 529 g/mol. The summed E-state index contributed by atoms with van der Waals surface area (Å²) < 4.78 is 0. The van der Waals surface area contributed by atoms with E-state index >= 15 is 0 Å². The molecule has 1 heterocycles. The summed E-state index contributed by atoms with van der Waals surface area (Å²) in [6.45, 7) is 2.20. The molecule has 2 amide bonds. The second-order valence-electron chi connectivity index (χ2n) is 10.9. The highest BCUT2D eigenvalue weighted by Gasteiger charge is 2.52. The summed E-state index contributed by atoms with van der Waals surface area (Å²) >= 11 is 0. The summed E-state index contributed by atoms with van der Waals surface area (Å²) in [5, 5.41) is 15.7. The molecular weight excluding hydrogens is 484 g/mol. The van der Waals surface area contributed by atoms with Crippen LogP contribution in [-0.2, 0) is 20.8 Å². The zero-order valence-corrected chi connectivity index (χ0v) is 22.8. The Morgan fingerprint density at radius 1 is 1.18 bits per heavy atom. The number of hydrogen-bond donors (Lipinski definition) is 4. The lowest BCUT2D eigenvalue weighted by Gasteiger charge is -2.39. The maximum absolute atomic E-state index is 14.7. The quantitative estimate of drug-likeness (QED) is 0.0957. The van der Waals surface area contributed by atoms with Crippen molar-refractivity contribution in [3.8, 4) is 0 Å². The maximum atomic E-state index is 14.7. The molecule has 0 saturated heterocycles. The van der Waals surface area contributed by atoms with Gasteiger partial charge in [-0.25, -0.2) is 11.3 Å². The average Bonchev–Trinajstić information content (AvgIpc) is 3.37. The molecular formula is C28H44N6O4. The minimum Gasteiger partial charge on any atom is -0.345 e. The van der Waals surface area contributed by atoms with Crippen molar-refractivity contribution < 1.29 is 19.6 Å². The highest BCUT2D eigenvalue weighted by molar-refractivity contribution is 6.09. The van der Waals surface area contributed by atoms with Crippen molar-refractivity contribution in [2.45, 2.75) is 83.6 Å². The van der Waals surface area contributed by atoms with Gasteiger partial charge in [0.05, 0.1) is 5.92 Å². The lowest BCUT2D eigenvalue weighted by Crippen LogP contribution is -2.59. The Balaban J connectivity index is 1.99. The smallest absolute Gasteiger partial charge is 0.249 e. The van der Waals surface area contributed by atoms with Gasteiger partial charge in [-0.15, -0.1) is 0 Å². The maximum Gasteiger partial charge on any atom is 0.249 e. The van der Waals surface area contributed by atoms with Crippen molar-refractivity contribution in [3.05, 3.63) is 35.9 Å². The van der Waals surface area contributed by atoms with Gasteiger partial charge >= 0.3 is 0 Å². The number of hydroxylamine groups is 1. The highest BCUT2D eigenvalue weighted by atomic mass is 16.5. The lowest BCUT2D eigenvalue weighted by atomic mass is 9.68. The van der Waals surface area contributed by atoms with Crippen LogP contribution in [0, 0.1) is 17.3 Å². The van der Waals surface area contributed by atoms with E-state index in [0.717, 1.165) is 18.4 Å². The molecule has 3 rings (SSSR count). The molecule has 1 saturated carbocycles. The second-order valence-corrected chi connectivity index (χ2v) is 10.9. The molecule has 210 valence electrons. The predicted molar refractivity (Wildman–Crippen MR) is 145 cm³/mol. The van der Waals surface area contributed by atoms with Crippen molar-refractivity contribution in [2.24, 2.45) is 28.2 Å². The zero-order chi connectivity index (χ0) is 27.5. The third-order valence-electron chi connectivity index (χ3n) is 8.10. The van der Waals surface area contributed by atoms with Crippen LogP contribution in [0.4, 0.5) is 0 Å². The van der Waals surface area contributed by atoms with Crippen LogP contribution in [0.1, 0.15) is 76.7 Å². The van der Waals surface area contributed by atoms with E-state index in [4.69, 9.17) is 5.84 Å². The Morgan fingerprint density at radius 2 is 1.89 bits per heavy atom. The van der Waals surface area contributed by atoms with Crippen LogP contribution in [0.15, 0.2) is 35.4 Å². The Labute approximate surface area is 225 Å². The highest BCUT2D eigenvalue weighted by Crippen LogP contribution is 2.37. The number of ketones is 1. The molecule has 3 atom stereocenters. The van der Waals surface area contributed by atoms with E-state index in [2.05, 4.69) is 10.5 Å². The molecule has 1 aliphatic heterocycles. The number of amides is 2. The number of benzene rings is 1. The summed E-state index contributed by atoms with van der Waals surface area (Å²) in [6.07, 6.45) is 10.8. The third-order valence-corrected chi connectivity index (χ3v) is 8.10. The van der Waals surface area contributed by atoms with E-state index in [9.17, 15) is 19.6 Å². The van der Waals surface area contributed by atoms with Gasteiger partial charge in [-0.05, 0) is 30.7 Å². The van der Waals surface area contributed by atoms with Gasteiger partial charge in [0.2, 0.25) is 11.8 Å². The van der Waals surface area contributed by atoms with Crippen molar-refractivity contribution in [3.63, 3.8) is 0 Å². The van der Waals surface area contributed by atoms with Crippen LogP contribution in [0.2, 0.25) is 0 Å². The van der Waals surface area contributed by atoms with Gasteiger partial charge in [0, 0.05) is 7.05 Å². The first-order chi connectivity index (χ1) is 18.4. The summed E-state index contributed by atoms with van der Waals surface area (Å²) in [4.78, 5) is 43.1. The van der Waals surface area contributed by atoms with Crippen LogP contribution < -0.4 is 16.7 Å². The number of carbonyl (C=O) groups is 3. The Hall–Kier alpha value is -2.98. The Kier molecular flexibility index (Phi) is 11.1. The molecule has 2 aliphatic rings. The largest absolute Gasteiger partial charge is 0.345 e. The van der Waals surface area contributed by atoms with Gasteiger partial charge in [-0.1, -0.05) is 88.6 Å². The molecule has 1 aromatic carbocycles. The summed E-state index contributed by atoms with van der Waals surface area (Å²) in [5.41, 5.74) is 3.34. The minimum absolute atomic E-state index is 0.142. The standard InChI is InChI=1S/C28H44N6O4/c1-3-17-28(27(37)31-29,18-22-13-8-5-9-14-22)25(35)24(34-20-33(2)19-30-34)23(26(36)32-38)16-10-15-21-11-6-4-7-12-21/h5,8-9,13-14,19,21,23-24,38H,3-4,6-7,10-12,15-18,20,29H2,1-2H3,(H,31,37)(H,32,36)/t23-,24+,28?/m0/s1. The second kappa shape index (κ2) is 14.2. The van der Waals surface area contributed by atoms with Crippen molar-refractivity contribution in [1.82, 2.24) is 20.8 Å². The first-order valence-electron chi connectivity index (χ1n) is 13.9. The molecule has 38 heavy (non-hydrogen) atoms. The fourth-order valence-electron chi connectivity index (χ4n) is 6.16. The fourth-order valence-corrected chi connectivity index (χ4v) is 6.16. The molecule has 1 aromatic rings. The van der Waals surface area contributed by atoms with Crippen molar-refractivity contribution >= 4 is 23.9 Å². The Bertz CT molecular complexity index is 952. The monoisotopic (exact) mass is 528 g/mol. The predicted octanol–water partition coefficient (Wildman–Crippen LogP) is 2.96. The topological polar surface area (TPSA) is 140 Å².